The van der Waals surface area contributed by atoms with E-state index < -0.39 is 5.82 Å². The molecule has 0 aliphatic heterocycles. The number of ether oxygens (including phenoxy) is 1. The number of ketones is 1. The van der Waals surface area contributed by atoms with Crippen LogP contribution in [-0.2, 0) is 4.79 Å². The first-order chi connectivity index (χ1) is 8.90. The van der Waals surface area contributed by atoms with Crippen molar-refractivity contribution in [2.24, 2.45) is 0 Å². The molecule has 0 spiro atoms. The first-order valence-electron chi connectivity index (χ1n) is 6.47. The number of halogens is 1. The molecule has 0 unspecified atom stereocenters. The van der Waals surface area contributed by atoms with Crippen molar-refractivity contribution in [3.05, 3.63) is 41.2 Å². The zero-order chi connectivity index (χ0) is 14.8. The van der Waals surface area contributed by atoms with Gasteiger partial charge in [-0.25, -0.2) is 4.39 Å². The minimum atomic E-state index is -0.449. The van der Waals surface area contributed by atoms with E-state index in [0.717, 1.165) is 11.1 Å². The third-order valence-electron chi connectivity index (χ3n) is 1.91. The molecular formula is C16H23FO2. The van der Waals surface area contributed by atoms with Crippen molar-refractivity contribution in [2.45, 2.75) is 41.0 Å². The van der Waals surface area contributed by atoms with Crippen molar-refractivity contribution in [3.63, 3.8) is 0 Å². The Balaban J connectivity index is 0.000000982. The zero-order valence-corrected chi connectivity index (χ0v) is 12.4. The molecule has 1 rings (SSSR count). The topological polar surface area (TPSA) is 26.3 Å². The summed E-state index contributed by atoms with van der Waals surface area (Å²) in [7, 11) is 0. The molecule has 0 aliphatic rings. The molecular weight excluding hydrogens is 243 g/mol. The highest BCUT2D eigenvalue weighted by atomic mass is 19.1. The van der Waals surface area contributed by atoms with Gasteiger partial charge >= 0.3 is 0 Å². The fourth-order valence-electron chi connectivity index (χ4n) is 1.23. The van der Waals surface area contributed by atoms with Gasteiger partial charge in [-0.1, -0.05) is 31.9 Å². The second kappa shape index (κ2) is 9.31. The van der Waals surface area contributed by atoms with Crippen LogP contribution < -0.4 is 4.74 Å². The SMILES string of the molecule is CC(C)=CC(=O)COc1cc(C)ccc1F.CCC. The van der Waals surface area contributed by atoms with Gasteiger partial charge in [0.25, 0.3) is 0 Å². The molecule has 1 aromatic carbocycles. The van der Waals surface area contributed by atoms with Gasteiger partial charge in [-0.3, -0.25) is 4.79 Å². The van der Waals surface area contributed by atoms with Crippen LogP contribution in [0.4, 0.5) is 4.39 Å². The highest BCUT2D eigenvalue weighted by Gasteiger charge is 2.05. The van der Waals surface area contributed by atoms with Crippen molar-refractivity contribution >= 4 is 5.78 Å². The average molecular weight is 266 g/mol. The lowest BCUT2D eigenvalue weighted by molar-refractivity contribution is -0.116. The third kappa shape index (κ3) is 8.14. The van der Waals surface area contributed by atoms with Crippen LogP contribution in [0.3, 0.4) is 0 Å². The van der Waals surface area contributed by atoms with Crippen LogP contribution in [0.25, 0.3) is 0 Å². The van der Waals surface area contributed by atoms with E-state index in [1.165, 1.54) is 18.6 Å². The van der Waals surface area contributed by atoms with Crippen LogP contribution in [0.2, 0.25) is 0 Å². The van der Waals surface area contributed by atoms with Crippen molar-refractivity contribution in [1.82, 2.24) is 0 Å². The van der Waals surface area contributed by atoms with Gasteiger partial charge in [-0.2, -0.15) is 0 Å². The van der Waals surface area contributed by atoms with Gasteiger partial charge in [-0.05, 0) is 44.5 Å². The summed E-state index contributed by atoms with van der Waals surface area (Å²) in [4.78, 5) is 11.3. The van der Waals surface area contributed by atoms with Gasteiger partial charge < -0.3 is 4.74 Å². The van der Waals surface area contributed by atoms with E-state index >= 15 is 0 Å². The van der Waals surface area contributed by atoms with Gasteiger partial charge in [0.15, 0.2) is 24.0 Å². The van der Waals surface area contributed by atoms with E-state index in [2.05, 4.69) is 13.8 Å². The molecule has 0 N–H and O–H groups in total. The Morgan fingerprint density at radius 2 is 1.89 bits per heavy atom. The van der Waals surface area contributed by atoms with Crippen LogP contribution in [0.1, 0.15) is 39.7 Å². The second-order valence-corrected chi connectivity index (χ2v) is 4.62. The Morgan fingerprint density at radius 3 is 2.42 bits per heavy atom. The number of allylic oxidation sites excluding steroid dienone is 1. The van der Waals surface area contributed by atoms with Gasteiger partial charge in [0, 0.05) is 0 Å². The molecule has 1 aromatic rings. The number of carbonyl (C=O) groups is 1. The monoisotopic (exact) mass is 266 g/mol. The first-order valence-corrected chi connectivity index (χ1v) is 6.47. The molecule has 0 bridgehead atoms. The second-order valence-electron chi connectivity index (χ2n) is 4.62. The Hall–Kier alpha value is -1.64. The van der Waals surface area contributed by atoms with Gasteiger partial charge in [0.05, 0.1) is 0 Å². The Kier molecular flexibility index (Phi) is 8.51. The molecule has 0 aromatic heterocycles. The summed E-state index contributed by atoms with van der Waals surface area (Å²) in [5.74, 6) is -0.494. The molecule has 106 valence electrons. The summed E-state index contributed by atoms with van der Waals surface area (Å²) in [6, 6.07) is 4.56. The molecule has 0 saturated carbocycles. The standard InChI is InChI=1S/C13H15FO2.C3H8/c1-9(2)6-11(15)8-16-13-7-10(3)4-5-12(13)14;1-3-2/h4-7H,8H2,1-3H3;3H2,1-2H3. The Labute approximate surface area is 115 Å². The van der Waals surface area contributed by atoms with Gasteiger partial charge in [0.1, 0.15) is 0 Å². The number of hydrogen-bond acceptors (Lipinski definition) is 2. The number of rotatable bonds is 4. The Bertz CT molecular complexity index is 432. The molecule has 0 amide bonds. The maximum absolute atomic E-state index is 13.2. The van der Waals surface area contributed by atoms with E-state index in [9.17, 15) is 9.18 Å². The normalized spacial score (nSPS) is 9.16. The fourth-order valence-corrected chi connectivity index (χ4v) is 1.23. The third-order valence-corrected chi connectivity index (χ3v) is 1.91. The minimum absolute atomic E-state index is 0.121. The van der Waals surface area contributed by atoms with Crippen molar-refractivity contribution in [3.8, 4) is 5.75 Å². The highest BCUT2D eigenvalue weighted by molar-refractivity contribution is 5.91. The lowest BCUT2D eigenvalue weighted by atomic mass is 10.2. The lowest BCUT2D eigenvalue weighted by Gasteiger charge is -2.06. The number of benzene rings is 1. The minimum Gasteiger partial charge on any atom is -0.482 e. The summed E-state index contributed by atoms with van der Waals surface area (Å²) in [6.07, 6.45) is 2.73. The maximum atomic E-state index is 13.2. The molecule has 0 atom stereocenters. The predicted molar refractivity (Wildman–Crippen MR) is 77.0 cm³/mol. The molecule has 0 radical (unpaired) electrons. The summed E-state index contributed by atoms with van der Waals surface area (Å²) in [5.41, 5.74) is 1.80. The van der Waals surface area contributed by atoms with Crippen molar-refractivity contribution < 1.29 is 13.9 Å². The maximum Gasteiger partial charge on any atom is 0.192 e. The summed E-state index contributed by atoms with van der Waals surface area (Å²) < 4.78 is 18.3. The van der Waals surface area contributed by atoms with Gasteiger partial charge in [-0.15, -0.1) is 0 Å². The summed E-state index contributed by atoms with van der Waals surface area (Å²) >= 11 is 0. The number of carbonyl (C=O) groups excluding carboxylic acids is 1. The Morgan fingerprint density at radius 1 is 1.32 bits per heavy atom. The molecule has 0 aliphatic carbocycles. The molecule has 3 heteroatoms. The summed E-state index contributed by atoms with van der Waals surface area (Å²) in [6.45, 7) is 9.60. The molecule has 0 saturated heterocycles. The smallest absolute Gasteiger partial charge is 0.192 e. The van der Waals surface area contributed by atoms with Gasteiger partial charge in [0.2, 0.25) is 0 Å². The van der Waals surface area contributed by atoms with E-state index in [1.807, 2.05) is 20.8 Å². The molecule has 0 fully saturated rings. The number of hydrogen-bond donors (Lipinski definition) is 0. The zero-order valence-electron chi connectivity index (χ0n) is 12.4. The van der Waals surface area contributed by atoms with Crippen LogP contribution in [0, 0.1) is 12.7 Å². The lowest BCUT2D eigenvalue weighted by Crippen LogP contribution is -2.09. The molecule has 19 heavy (non-hydrogen) atoms. The first kappa shape index (κ1) is 17.4. The van der Waals surface area contributed by atoms with Crippen LogP contribution in [-0.4, -0.2) is 12.4 Å². The average Bonchev–Trinajstić information content (AvgIpc) is 2.30. The largest absolute Gasteiger partial charge is 0.482 e. The quantitative estimate of drug-likeness (QED) is 0.752. The van der Waals surface area contributed by atoms with E-state index in [0.29, 0.717) is 0 Å². The van der Waals surface area contributed by atoms with Crippen LogP contribution in [0.15, 0.2) is 29.8 Å². The molecule has 2 nitrogen and oxygen atoms in total. The highest BCUT2D eigenvalue weighted by Crippen LogP contribution is 2.18. The van der Waals surface area contributed by atoms with Crippen LogP contribution >= 0.6 is 0 Å². The van der Waals surface area contributed by atoms with E-state index in [4.69, 9.17) is 4.74 Å². The fraction of sp³-hybridized carbons (Fsp3) is 0.438. The van der Waals surface area contributed by atoms with E-state index in [1.54, 1.807) is 12.1 Å². The van der Waals surface area contributed by atoms with Crippen molar-refractivity contribution in [2.75, 3.05) is 6.61 Å². The predicted octanol–water partition coefficient (Wildman–Crippen LogP) is 4.46. The van der Waals surface area contributed by atoms with E-state index in [-0.39, 0.29) is 18.1 Å². The number of aryl methyl sites for hydroxylation is 1. The van der Waals surface area contributed by atoms with Crippen LogP contribution in [0.5, 0.6) is 5.75 Å². The van der Waals surface area contributed by atoms with Crippen molar-refractivity contribution in [1.29, 1.82) is 0 Å². The molecule has 0 heterocycles. The summed E-state index contributed by atoms with van der Waals surface area (Å²) in [5, 5.41) is 0.